The van der Waals surface area contributed by atoms with E-state index >= 15 is 0 Å². The Labute approximate surface area is 99.4 Å². The minimum absolute atomic E-state index is 0.732. The summed E-state index contributed by atoms with van der Waals surface area (Å²) in [6, 6.07) is 7.61. The van der Waals surface area contributed by atoms with E-state index in [0.717, 1.165) is 22.8 Å². The Morgan fingerprint density at radius 1 is 1.38 bits per heavy atom. The zero-order valence-corrected chi connectivity index (χ0v) is 9.48. The molecule has 1 N–H and O–H groups in total. The van der Waals surface area contributed by atoms with Crippen molar-refractivity contribution in [3.05, 3.63) is 53.8 Å². The molecule has 1 heterocycles. The van der Waals surface area contributed by atoms with E-state index in [0.29, 0.717) is 0 Å². The standard InChI is InChI=1S/C12H12ClN3/c1-2-16-9-10(8-15-16)7-14-12-5-3-11(13)4-6-12/h2-6,8-9,14H,1,7H2. The minimum atomic E-state index is 0.732. The van der Waals surface area contributed by atoms with Gasteiger partial charge in [-0.15, -0.1) is 0 Å². The molecule has 0 unspecified atom stereocenters. The van der Waals surface area contributed by atoms with Crippen LogP contribution in [0.15, 0.2) is 43.2 Å². The molecule has 0 saturated heterocycles. The monoisotopic (exact) mass is 233 g/mol. The molecule has 0 saturated carbocycles. The first-order valence-electron chi connectivity index (χ1n) is 4.93. The van der Waals surface area contributed by atoms with Crippen molar-refractivity contribution in [3.63, 3.8) is 0 Å². The van der Waals surface area contributed by atoms with Crippen molar-refractivity contribution < 1.29 is 0 Å². The van der Waals surface area contributed by atoms with Gasteiger partial charge in [0.2, 0.25) is 0 Å². The van der Waals surface area contributed by atoms with Crippen LogP contribution in [-0.2, 0) is 6.54 Å². The molecule has 0 fully saturated rings. The van der Waals surface area contributed by atoms with Crippen molar-refractivity contribution in [2.24, 2.45) is 0 Å². The van der Waals surface area contributed by atoms with E-state index in [2.05, 4.69) is 17.0 Å². The number of nitrogens with one attached hydrogen (secondary N) is 1. The molecule has 0 radical (unpaired) electrons. The average molecular weight is 234 g/mol. The van der Waals surface area contributed by atoms with Gasteiger partial charge in [0, 0.05) is 35.2 Å². The van der Waals surface area contributed by atoms with Crippen LogP contribution in [0.2, 0.25) is 5.02 Å². The summed E-state index contributed by atoms with van der Waals surface area (Å²) in [7, 11) is 0. The quantitative estimate of drug-likeness (QED) is 0.879. The molecule has 0 aliphatic carbocycles. The molecule has 3 nitrogen and oxygen atoms in total. The number of aromatic nitrogens is 2. The highest BCUT2D eigenvalue weighted by molar-refractivity contribution is 6.30. The summed E-state index contributed by atoms with van der Waals surface area (Å²) >= 11 is 5.80. The van der Waals surface area contributed by atoms with Crippen LogP contribution in [0.5, 0.6) is 0 Å². The molecular formula is C12H12ClN3. The smallest absolute Gasteiger partial charge is 0.0543 e. The molecule has 1 aromatic heterocycles. The number of rotatable bonds is 4. The normalized spacial score (nSPS) is 10.1. The van der Waals surface area contributed by atoms with E-state index < -0.39 is 0 Å². The molecule has 0 atom stereocenters. The van der Waals surface area contributed by atoms with Crippen molar-refractivity contribution in [1.29, 1.82) is 0 Å². The van der Waals surface area contributed by atoms with Crippen LogP contribution in [-0.4, -0.2) is 9.78 Å². The average Bonchev–Trinajstić information content (AvgIpc) is 2.76. The van der Waals surface area contributed by atoms with Crippen molar-refractivity contribution in [1.82, 2.24) is 9.78 Å². The number of benzene rings is 1. The van der Waals surface area contributed by atoms with Crippen molar-refractivity contribution in [3.8, 4) is 0 Å². The van der Waals surface area contributed by atoms with E-state index in [1.54, 1.807) is 10.9 Å². The fourth-order valence-corrected chi connectivity index (χ4v) is 1.47. The van der Waals surface area contributed by atoms with Crippen LogP contribution < -0.4 is 5.32 Å². The van der Waals surface area contributed by atoms with Crippen LogP contribution in [0.1, 0.15) is 5.56 Å². The Bertz CT molecular complexity index is 473. The van der Waals surface area contributed by atoms with Gasteiger partial charge in [0.25, 0.3) is 0 Å². The molecule has 16 heavy (non-hydrogen) atoms. The van der Waals surface area contributed by atoms with E-state index in [4.69, 9.17) is 11.6 Å². The summed E-state index contributed by atoms with van der Waals surface area (Å²) in [5.41, 5.74) is 2.14. The van der Waals surface area contributed by atoms with E-state index in [-0.39, 0.29) is 0 Å². The first kappa shape index (κ1) is 10.8. The predicted octanol–water partition coefficient (Wildman–Crippen LogP) is 3.25. The van der Waals surface area contributed by atoms with Crippen LogP contribution in [0.3, 0.4) is 0 Å². The van der Waals surface area contributed by atoms with Crippen LogP contribution in [0.25, 0.3) is 6.20 Å². The maximum absolute atomic E-state index is 5.80. The lowest BCUT2D eigenvalue weighted by Gasteiger charge is -2.03. The van der Waals surface area contributed by atoms with E-state index in [1.165, 1.54) is 0 Å². The third kappa shape index (κ3) is 2.64. The summed E-state index contributed by atoms with van der Waals surface area (Å²) in [6.07, 6.45) is 5.40. The largest absolute Gasteiger partial charge is 0.381 e. The first-order valence-corrected chi connectivity index (χ1v) is 5.31. The van der Waals surface area contributed by atoms with E-state index in [1.807, 2.05) is 36.7 Å². The SMILES string of the molecule is C=Cn1cc(CNc2ccc(Cl)cc2)cn1. The predicted molar refractivity (Wildman–Crippen MR) is 67.4 cm³/mol. The van der Waals surface area contributed by atoms with Gasteiger partial charge in [-0.25, -0.2) is 4.68 Å². The number of nitrogens with zero attached hydrogens (tertiary/aromatic N) is 2. The Morgan fingerprint density at radius 2 is 2.12 bits per heavy atom. The van der Waals surface area contributed by atoms with Crippen molar-refractivity contribution in [2.75, 3.05) is 5.32 Å². The highest BCUT2D eigenvalue weighted by Crippen LogP contribution is 2.14. The van der Waals surface area contributed by atoms with Gasteiger partial charge in [-0.3, -0.25) is 0 Å². The molecule has 0 spiro atoms. The van der Waals surface area contributed by atoms with Crippen LogP contribution in [0.4, 0.5) is 5.69 Å². The minimum Gasteiger partial charge on any atom is -0.381 e. The summed E-state index contributed by atoms with van der Waals surface area (Å²) in [5, 5.41) is 8.12. The summed E-state index contributed by atoms with van der Waals surface area (Å²) in [6.45, 7) is 4.37. The maximum Gasteiger partial charge on any atom is 0.0543 e. The summed E-state index contributed by atoms with van der Waals surface area (Å²) < 4.78 is 1.68. The fourth-order valence-electron chi connectivity index (χ4n) is 1.34. The Balaban J connectivity index is 1.96. The molecule has 1 aromatic carbocycles. The Morgan fingerprint density at radius 3 is 2.75 bits per heavy atom. The lowest BCUT2D eigenvalue weighted by Crippen LogP contribution is -1.97. The second kappa shape index (κ2) is 4.86. The van der Waals surface area contributed by atoms with Gasteiger partial charge in [-0.05, 0) is 24.3 Å². The maximum atomic E-state index is 5.80. The van der Waals surface area contributed by atoms with Gasteiger partial charge in [0.1, 0.15) is 0 Å². The lowest BCUT2D eigenvalue weighted by atomic mass is 10.3. The highest BCUT2D eigenvalue weighted by atomic mass is 35.5. The molecule has 2 rings (SSSR count). The highest BCUT2D eigenvalue weighted by Gasteiger charge is 1.96. The fraction of sp³-hybridized carbons (Fsp3) is 0.0833. The van der Waals surface area contributed by atoms with E-state index in [9.17, 15) is 0 Å². The Kier molecular flexibility index (Phi) is 3.27. The van der Waals surface area contributed by atoms with Crippen LogP contribution in [0, 0.1) is 0 Å². The zero-order valence-electron chi connectivity index (χ0n) is 8.73. The third-order valence-corrected chi connectivity index (χ3v) is 2.43. The van der Waals surface area contributed by atoms with Gasteiger partial charge in [-0.1, -0.05) is 18.2 Å². The molecule has 0 amide bonds. The molecule has 0 aliphatic heterocycles. The molecule has 82 valence electrons. The number of hydrogen-bond acceptors (Lipinski definition) is 2. The molecule has 4 heteroatoms. The summed E-state index contributed by atoms with van der Waals surface area (Å²) in [4.78, 5) is 0. The third-order valence-electron chi connectivity index (χ3n) is 2.18. The number of anilines is 1. The Hall–Kier alpha value is -1.74. The molecule has 0 bridgehead atoms. The molecule has 2 aromatic rings. The van der Waals surface area contributed by atoms with Crippen molar-refractivity contribution >= 4 is 23.5 Å². The second-order valence-electron chi connectivity index (χ2n) is 3.37. The first-order chi connectivity index (χ1) is 7.78. The molecule has 0 aliphatic rings. The van der Waals surface area contributed by atoms with Crippen molar-refractivity contribution in [2.45, 2.75) is 6.54 Å². The topological polar surface area (TPSA) is 29.9 Å². The zero-order chi connectivity index (χ0) is 11.4. The van der Waals surface area contributed by atoms with Gasteiger partial charge in [-0.2, -0.15) is 5.10 Å². The molecular weight excluding hydrogens is 222 g/mol. The van der Waals surface area contributed by atoms with Gasteiger partial charge in [0.15, 0.2) is 0 Å². The number of halogens is 1. The second-order valence-corrected chi connectivity index (χ2v) is 3.81. The number of hydrogen-bond donors (Lipinski definition) is 1. The lowest BCUT2D eigenvalue weighted by molar-refractivity contribution is 0.936. The van der Waals surface area contributed by atoms with Crippen LogP contribution >= 0.6 is 11.6 Å². The summed E-state index contributed by atoms with van der Waals surface area (Å²) in [5.74, 6) is 0. The van der Waals surface area contributed by atoms with Gasteiger partial charge in [0.05, 0.1) is 6.20 Å². The van der Waals surface area contributed by atoms with Gasteiger partial charge < -0.3 is 5.32 Å². The van der Waals surface area contributed by atoms with Gasteiger partial charge >= 0.3 is 0 Å².